The highest BCUT2D eigenvalue weighted by molar-refractivity contribution is 8.00. The molecular formula is C28H27N3O3S. The Morgan fingerprint density at radius 2 is 1.97 bits per heavy atom. The van der Waals surface area contributed by atoms with Crippen LogP contribution >= 0.6 is 11.8 Å². The molecule has 0 spiro atoms. The monoisotopic (exact) mass is 485 g/mol. The Labute approximate surface area is 209 Å². The first-order valence-electron chi connectivity index (χ1n) is 12.0. The Morgan fingerprint density at radius 1 is 1.17 bits per heavy atom. The molecule has 0 fully saturated rings. The van der Waals surface area contributed by atoms with Crippen LogP contribution in [-0.4, -0.2) is 29.4 Å². The van der Waals surface area contributed by atoms with Gasteiger partial charge in [0.15, 0.2) is 11.5 Å². The lowest BCUT2D eigenvalue weighted by atomic mass is 9.82. The third kappa shape index (κ3) is 5.13. The van der Waals surface area contributed by atoms with Gasteiger partial charge in [-0.3, -0.25) is 4.79 Å². The Morgan fingerprint density at radius 3 is 2.74 bits per heavy atom. The molecule has 0 saturated heterocycles. The lowest BCUT2D eigenvalue weighted by Crippen LogP contribution is -2.25. The number of hydrogen-bond donors (Lipinski definition) is 1. The summed E-state index contributed by atoms with van der Waals surface area (Å²) in [5.74, 6) is 1.63. The van der Waals surface area contributed by atoms with E-state index in [1.165, 1.54) is 17.3 Å². The summed E-state index contributed by atoms with van der Waals surface area (Å²) in [7, 11) is 0. The van der Waals surface area contributed by atoms with Crippen LogP contribution in [0.1, 0.15) is 48.1 Å². The molecule has 1 aliphatic heterocycles. The first kappa shape index (κ1) is 23.3. The van der Waals surface area contributed by atoms with Crippen LogP contribution in [0.4, 0.5) is 5.69 Å². The van der Waals surface area contributed by atoms with E-state index < -0.39 is 0 Å². The smallest absolute Gasteiger partial charge is 0.237 e. The van der Waals surface area contributed by atoms with Crippen LogP contribution in [0.25, 0.3) is 0 Å². The molecule has 35 heavy (non-hydrogen) atoms. The molecule has 178 valence electrons. The highest BCUT2D eigenvalue weighted by atomic mass is 32.2. The number of nitrogens with zero attached hydrogens (tertiary/aromatic N) is 2. The molecule has 3 aromatic rings. The molecule has 1 aromatic heterocycles. The van der Waals surface area contributed by atoms with Gasteiger partial charge in [0.2, 0.25) is 5.91 Å². The van der Waals surface area contributed by atoms with E-state index in [-0.39, 0.29) is 11.2 Å². The average molecular weight is 486 g/mol. The van der Waals surface area contributed by atoms with Gasteiger partial charge in [0.25, 0.3) is 0 Å². The van der Waals surface area contributed by atoms with Crippen molar-refractivity contribution in [1.29, 1.82) is 5.26 Å². The van der Waals surface area contributed by atoms with Gasteiger partial charge >= 0.3 is 0 Å². The number of rotatable bonds is 6. The fourth-order valence-corrected chi connectivity index (χ4v) is 5.62. The van der Waals surface area contributed by atoms with Crippen molar-refractivity contribution in [3.8, 4) is 17.6 Å². The fraction of sp³-hybridized carbons (Fsp3) is 0.321. The molecular weight excluding hydrogens is 458 g/mol. The molecule has 2 unspecified atom stereocenters. The number of carbonyl (C=O) groups excluding carboxylic acids is 1. The Hall–Kier alpha value is -3.50. The molecule has 0 bridgehead atoms. The molecule has 1 amide bonds. The molecule has 1 N–H and O–H groups in total. The zero-order valence-electron chi connectivity index (χ0n) is 19.6. The number of benzene rings is 2. The van der Waals surface area contributed by atoms with Gasteiger partial charge in [-0.05, 0) is 60.9 Å². The number of nitrogens with one attached hydrogen (secondary N) is 1. The van der Waals surface area contributed by atoms with Crippen molar-refractivity contribution in [3.63, 3.8) is 0 Å². The van der Waals surface area contributed by atoms with Gasteiger partial charge in [0.05, 0.1) is 10.8 Å². The summed E-state index contributed by atoms with van der Waals surface area (Å²) in [6.45, 7) is 2.98. The third-order valence-electron chi connectivity index (χ3n) is 6.47. The first-order valence-corrected chi connectivity index (χ1v) is 12.9. The maximum Gasteiger partial charge on any atom is 0.237 e. The van der Waals surface area contributed by atoms with E-state index in [0.717, 1.165) is 30.5 Å². The van der Waals surface area contributed by atoms with E-state index in [1.807, 2.05) is 25.1 Å². The average Bonchev–Trinajstić information content (AvgIpc) is 2.91. The summed E-state index contributed by atoms with van der Waals surface area (Å²) < 4.78 is 11.2. The van der Waals surface area contributed by atoms with Crippen molar-refractivity contribution in [1.82, 2.24) is 4.98 Å². The molecule has 5 rings (SSSR count). The maximum absolute atomic E-state index is 13.1. The number of hydrogen-bond acceptors (Lipinski definition) is 6. The number of nitriles is 1. The van der Waals surface area contributed by atoms with Crippen molar-refractivity contribution in [3.05, 3.63) is 77.0 Å². The highest BCUT2D eigenvalue weighted by Crippen LogP contribution is 2.36. The quantitative estimate of drug-likeness (QED) is 0.464. The van der Waals surface area contributed by atoms with Crippen LogP contribution in [0.5, 0.6) is 11.5 Å². The van der Waals surface area contributed by atoms with Gasteiger partial charge in [0.1, 0.15) is 24.3 Å². The number of fused-ring (bicyclic) bond motifs is 2. The molecule has 2 aliphatic rings. The second-order valence-electron chi connectivity index (χ2n) is 8.77. The lowest BCUT2D eigenvalue weighted by molar-refractivity contribution is -0.115. The number of amides is 1. The maximum atomic E-state index is 13.1. The zero-order chi connectivity index (χ0) is 24.2. The summed E-state index contributed by atoms with van der Waals surface area (Å²) in [4.78, 5) is 18.0. The van der Waals surface area contributed by atoms with E-state index in [4.69, 9.17) is 14.5 Å². The molecule has 7 heteroatoms. The van der Waals surface area contributed by atoms with Crippen LogP contribution < -0.4 is 14.8 Å². The van der Waals surface area contributed by atoms with Gasteiger partial charge in [-0.2, -0.15) is 5.26 Å². The van der Waals surface area contributed by atoms with Crippen LogP contribution in [0.15, 0.2) is 59.6 Å². The topological polar surface area (TPSA) is 84.2 Å². The third-order valence-corrected chi connectivity index (χ3v) is 7.84. The van der Waals surface area contributed by atoms with Gasteiger partial charge in [-0.25, -0.2) is 4.98 Å². The number of aryl methyl sites for hydroxylation is 1. The number of carbonyl (C=O) groups is 1. The normalized spacial score (nSPS) is 17.1. The molecule has 0 radical (unpaired) electrons. The lowest BCUT2D eigenvalue weighted by Gasteiger charge is -2.25. The van der Waals surface area contributed by atoms with Crippen molar-refractivity contribution >= 4 is 23.4 Å². The number of ether oxygens (including phenoxy) is 2. The van der Waals surface area contributed by atoms with Gasteiger partial charge in [-0.15, -0.1) is 0 Å². The summed E-state index contributed by atoms with van der Waals surface area (Å²) in [5.41, 5.74) is 4.70. The minimum Gasteiger partial charge on any atom is -0.486 e. The molecule has 1 aliphatic carbocycles. The van der Waals surface area contributed by atoms with Crippen molar-refractivity contribution < 1.29 is 14.3 Å². The minimum atomic E-state index is -0.374. The van der Waals surface area contributed by atoms with E-state index in [2.05, 4.69) is 35.7 Å². The first-order chi connectivity index (χ1) is 17.1. The predicted molar refractivity (Wildman–Crippen MR) is 136 cm³/mol. The standard InChI is InChI=1S/C28H27N3O3S/c1-2-26(27(32)30-22-9-11-24-25(16-22)34-13-12-33-24)35-28-21(17-29)15-20-14-19(8-10-23(20)31-28)18-6-4-3-5-7-18/h3-7,9,11,15-16,19,26H,2,8,10,12-14H2,1H3,(H,30,32). The van der Waals surface area contributed by atoms with E-state index in [1.54, 1.807) is 12.1 Å². The minimum absolute atomic E-state index is 0.123. The van der Waals surface area contributed by atoms with E-state index >= 15 is 0 Å². The summed E-state index contributed by atoms with van der Waals surface area (Å²) in [6.07, 6.45) is 3.39. The molecule has 2 heterocycles. The zero-order valence-corrected chi connectivity index (χ0v) is 20.4. The largest absolute Gasteiger partial charge is 0.486 e. The van der Waals surface area contributed by atoms with E-state index in [9.17, 15) is 10.1 Å². The molecule has 0 saturated carbocycles. The molecule has 2 aromatic carbocycles. The Bertz CT molecular complexity index is 1270. The summed E-state index contributed by atoms with van der Waals surface area (Å²) in [5, 5.41) is 13.1. The van der Waals surface area contributed by atoms with E-state index in [0.29, 0.717) is 53.3 Å². The summed E-state index contributed by atoms with van der Waals surface area (Å²) >= 11 is 1.36. The van der Waals surface area contributed by atoms with Crippen LogP contribution in [0.2, 0.25) is 0 Å². The second kappa shape index (κ2) is 10.4. The van der Waals surface area contributed by atoms with Crippen molar-refractivity contribution in [2.45, 2.75) is 48.8 Å². The second-order valence-corrected chi connectivity index (χ2v) is 9.96. The van der Waals surface area contributed by atoms with Crippen LogP contribution in [-0.2, 0) is 17.6 Å². The van der Waals surface area contributed by atoms with Gasteiger partial charge in [-0.1, -0.05) is 49.0 Å². The number of anilines is 1. The van der Waals surface area contributed by atoms with Crippen molar-refractivity contribution in [2.75, 3.05) is 18.5 Å². The van der Waals surface area contributed by atoms with Crippen molar-refractivity contribution in [2.24, 2.45) is 0 Å². The highest BCUT2D eigenvalue weighted by Gasteiger charge is 2.26. The van der Waals surface area contributed by atoms with Gasteiger partial charge in [0, 0.05) is 17.4 Å². The number of thioether (sulfide) groups is 1. The number of aromatic nitrogens is 1. The SMILES string of the molecule is CCC(Sc1nc2c(cc1C#N)CC(c1ccccc1)CC2)C(=O)Nc1ccc2c(c1)OCCO2. The molecule has 6 nitrogen and oxygen atoms in total. The van der Waals surface area contributed by atoms with Crippen LogP contribution in [0.3, 0.4) is 0 Å². The summed E-state index contributed by atoms with van der Waals surface area (Å²) in [6, 6.07) is 20.2. The molecule has 2 atom stereocenters. The van der Waals surface area contributed by atoms with Gasteiger partial charge < -0.3 is 14.8 Å². The van der Waals surface area contributed by atoms with Crippen LogP contribution in [0, 0.1) is 11.3 Å². The number of pyridine rings is 1. The Kier molecular flexibility index (Phi) is 6.91. The fourth-order valence-electron chi connectivity index (χ4n) is 4.63. The Balaban J connectivity index is 1.31. The predicted octanol–water partition coefficient (Wildman–Crippen LogP) is 5.51.